The lowest BCUT2D eigenvalue weighted by Gasteiger charge is -2.33. The highest BCUT2D eigenvalue weighted by molar-refractivity contribution is 5.92. The standard InChI is InChI=1S/C20H27N5O4/c1-2-24(13-15-4-8-21-9-5-15)14-20(29)6-3-10-25(11-7-20)18(27)16-12-17(26)23-19(28)22-16/h4-5,8-9,12,29H,2-3,6-7,10-11,13-14H2,1H3,(H2,22,23,26,28)/t20-/m1/s1. The molecule has 3 heterocycles. The Balaban J connectivity index is 1.65. The molecule has 1 amide bonds. The number of aromatic nitrogens is 3. The van der Waals surface area contributed by atoms with Gasteiger partial charge in [-0.2, -0.15) is 0 Å². The van der Waals surface area contributed by atoms with Crippen molar-refractivity contribution in [2.45, 2.75) is 38.3 Å². The number of H-pyrrole nitrogens is 2. The summed E-state index contributed by atoms with van der Waals surface area (Å²) in [5.41, 5.74) is -1.12. The van der Waals surface area contributed by atoms with Crippen LogP contribution >= 0.6 is 0 Å². The van der Waals surface area contributed by atoms with Gasteiger partial charge < -0.3 is 15.0 Å². The molecule has 0 aromatic carbocycles. The third-order valence-corrected chi connectivity index (χ3v) is 5.32. The Bertz CT molecular complexity index is 913. The summed E-state index contributed by atoms with van der Waals surface area (Å²) in [6.07, 6.45) is 5.16. The summed E-state index contributed by atoms with van der Waals surface area (Å²) in [5.74, 6) is -0.401. The van der Waals surface area contributed by atoms with Gasteiger partial charge in [-0.15, -0.1) is 0 Å². The summed E-state index contributed by atoms with van der Waals surface area (Å²) in [6.45, 7) is 4.90. The van der Waals surface area contributed by atoms with Crippen LogP contribution in [-0.4, -0.2) is 67.5 Å². The second kappa shape index (κ2) is 9.15. The first-order valence-electron chi connectivity index (χ1n) is 9.85. The number of likely N-dealkylation sites (tertiary alicyclic amines) is 1. The van der Waals surface area contributed by atoms with Crippen molar-refractivity contribution >= 4 is 5.91 Å². The summed E-state index contributed by atoms with van der Waals surface area (Å²) in [4.78, 5) is 47.8. The van der Waals surface area contributed by atoms with Crippen molar-refractivity contribution in [1.82, 2.24) is 24.8 Å². The average Bonchev–Trinajstić information content (AvgIpc) is 2.88. The molecule has 1 atom stereocenters. The third kappa shape index (κ3) is 5.61. The van der Waals surface area contributed by atoms with E-state index in [0.29, 0.717) is 38.9 Å². The molecule has 0 unspecified atom stereocenters. The molecular weight excluding hydrogens is 374 g/mol. The van der Waals surface area contributed by atoms with Crippen molar-refractivity contribution in [3.63, 3.8) is 0 Å². The Labute approximate surface area is 168 Å². The number of amides is 1. The number of aliphatic hydroxyl groups is 1. The highest BCUT2D eigenvalue weighted by Gasteiger charge is 2.33. The molecule has 2 aromatic rings. The fourth-order valence-electron chi connectivity index (χ4n) is 3.74. The van der Waals surface area contributed by atoms with Crippen LogP contribution in [0.15, 0.2) is 40.2 Å². The van der Waals surface area contributed by atoms with Gasteiger partial charge in [-0.3, -0.25) is 24.5 Å². The van der Waals surface area contributed by atoms with E-state index in [9.17, 15) is 19.5 Å². The van der Waals surface area contributed by atoms with Gasteiger partial charge in [0, 0.05) is 44.6 Å². The number of rotatable bonds is 6. The lowest BCUT2D eigenvalue weighted by molar-refractivity contribution is -0.00928. The Morgan fingerprint density at radius 2 is 2.00 bits per heavy atom. The average molecular weight is 401 g/mol. The van der Waals surface area contributed by atoms with Crippen LogP contribution in [0.4, 0.5) is 0 Å². The molecular formula is C20H27N5O4. The number of carbonyl (C=O) groups excluding carboxylic acids is 1. The Morgan fingerprint density at radius 3 is 2.69 bits per heavy atom. The largest absolute Gasteiger partial charge is 0.388 e. The van der Waals surface area contributed by atoms with Crippen LogP contribution in [-0.2, 0) is 6.54 Å². The van der Waals surface area contributed by atoms with E-state index in [4.69, 9.17) is 0 Å². The first-order valence-corrected chi connectivity index (χ1v) is 9.85. The molecule has 1 saturated heterocycles. The zero-order valence-corrected chi connectivity index (χ0v) is 16.6. The molecule has 29 heavy (non-hydrogen) atoms. The quantitative estimate of drug-likeness (QED) is 0.641. The first-order chi connectivity index (χ1) is 13.9. The minimum Gasteiger partial charge on any atom is -0.388 e. The second-order valence-corrected chi connectivity index (χ2v) is 7.53. The maximum absolute atomic E-state index is 12.7. The zero-order chi connectivity index (χ0) is 20.9. The van der Waals surface area contributed by atoms with Crippen LogP contribution < -0.4 is 11.2 Å². The Hall–Kier alpha value is -2.78. The molecule has 1 aliphatic heterocycles. The summed E-state index contributed by atoms with van der Waals surface area (Å²) in [5, 5.41) is 11.2. The number of carbonyl (C=O) groups is 1. The molecule has 0 saturated carbocycles. The lowest BCUT2D eigenvalue weighted by Crippen LogP contribution is -2.44. The second-order valence-electron chi connectivity index (χ2n) is 7.53. The third-order valence-electron chi connectivity index (χ3n) is 5.32. The predicted octanol–water partition coefficient (Wildman–Crippen LogP) is 0.338. The number of nitrogens with zero attached hydrogens (tertiary/aromatic N) is 3. The van der Waals surface area contributed by atoms with Gasteiger partial charge in [0.2, 0.25) is 0 Å². The zero-order valence-electron chi connectivity index (χ0n) is 16.6. The van der Waals surface area contributed by atoms with Crippen molar-refractivity contribution in [1.29, 1.82) is 0 Å². The topological polar surface area (TPSA) is 122 Å². The molecule has 0 radical (unpaired) electrons. The van der Waals surface area contributed by atoms with Crippen LogP contribution in [0.3, 0.4) is 0 Å². The minimum atomic E-state index is -0.903. The summed E-state index contributed by atoms with van der Waals surface area (Å²) in [6, 6.07) is 5.01. The molecule has 9 heteroatoms. The van der Waals surface area contributed by atoms with Gasteiger partial charge in [-0.25, -0.2) is 4.79 Å². The van der Waals surface area contributed by atoms with Gasteiger partial charge in [0.1, 0.15) is 5.69 Å². The van der Waals surface area contributed by atoms with Crippen LogP contribution in [0.25, 0.3) is 0 Å². The number of likely N-dealkylation sites (N-methyl/N-ethyl adjacent to an activating group) is 1. The normalized spacial score (nSPS) is 19.9. The molecule has 1 aliphatic rings. The summed E-state index contributed by atoms with van der Waals surface area (Å²) in [7, 11) is 0. The van der Waals surface area contributed by atoms with E-state index in [-0.39, 0.29) is 5.69 Å². The highest BCUT2D eigenvalue weighted by Crippen LogP contribution is 2.25. The highest BCUT2D eigenvalue weighted by atomic mass is 16.3. The van der Waals surface area contributed by atoms with Gasteiger partial charge >= 0.3 is 5.69 Å². The van der Waals surface area contributed by atoms with E-state index in [1.807, 2.05) is 12.1 Å². The molecule has 0 spiro atoms. The van der Waals surface area contributed by atoms with E-state index in [1.165, 1.54) is 0 Å². The number of hydrogen-bond donors (Lipinski definition) is 3. The van der Waals surface area contributed by atoms with E-state index >= 15 is 0 Å². The van der Waals surface area contributed by atoms with Crippen molar-refractivity contribution in [2.24, 2.45) is 0 Å². The maximum Gasteiger partial charge on any atom is 0.326 e. The van der Waals surface area contributed by atoms with E-state index < -0.39 is 22.8 Å². The van der Waals surface area contributed by atoms with Crippen LogP contribution in [0.2, 0.25) is 0 Å². The van der Waals surface area contributed by atoms with Crippen LogP contribution in [0, 0.1) is 0 Å². The van der Waals surface area contributed by atoms with E-state index in [0.717, 1.165) is 24.7 Å². The van der Waals surface area contributed by atoms with E-state index in [2.05, 4.69) is 26.8 Å². The van der Waals surface area contributed by atoms with Crippen molar-refractivity contribution in [2.75, 3.05) is 26.2 Å². The lowest BCUT2D eigenvalue weighted by atomic mass is 9.94. The molecule has 156 valence electrons. The molecule has 0 aliphatic carbocycles. The Kier molecular flexibility index (Phi) is 6.60. The monoisotopic (exact) mass is 401 g/mol. The first kappa shape index (κ1) is 20.9. The summed E-state index contributed by atoms with van der Waals surface area (Å²) < 4.78 is 0. The number of pyridine rings is 1. The molecule has 9 nitrogen and oxygen atoms in total. The minimum absolute atomic E-state index is 0.0305. The van der Waals surface area contributed by atoms with Gasteiger partial charge in [-0.05, 0) is 43.5 Å². The number of hydrogen-bond acceptors (Lipinski definition) is 6. The number of nitrogens with one attached hydrogen (secondary N) is 2. The van der Waals surface area contributed by atoms with Gasteiger partial charge in [0.05, 0.1) is 5.60 Å². The smallest absolute Gasteiger partial charge is 0.326 e. The Morgan fingerprint density at radius 1 is 1.24 bits per heavy atom. The van der Waals surface area contributed by atoms with Gasteiger partial charge in [0.15, 0.2) is 0 Å². The predicted molar refractivity (Wildman–Crippen MR) is 108 cm³/mol. The van der Waals surface area contributed by atoms with Crippen molar-refractivity contribution in [3.05, 3.63) is 62.7 Å². The van der Waals surface area contributed by atoms with Gasteiger partial charge in [0.25, 0.3) is 11.5 Å². The van der Waals surface area contributed by atoms with Crippen LogP contribution in [0.1, 0.15) is 42.2 Å². The molecule has 0 bridgehead atoms. The molecule has 1 fully saturated rings. The van der Waals surface area contributed by atoms with E-state index in [1.54, 1.807) is 17.3 Å². The fourth-order valence-corrected chi connectivity index (χ4v) is 3.74. The molecule has 3 N–H and O–H groups in total. The van der Waals surface area contributed by atoms with Gasteiger partial charge in [-0.1, -0.05) is 6.92 Å². The van der Waals surface area contributed by atoms with Crippen molar-refractivity contribution in [3.8, 4) is 0 Å². The SMILES string of the molecule is CCN(Cc1ccncc1)C[C@@]1(O)CCCN(C(=O)c2cc(=O)[nH]c(=O)[nH]2)CC1. The molecule has 2 aromatic heterocycles. The fraction of sp³-hybridized carbons (Fsp3) is 0.500. The summed E-state index contributed by atoms with van der Waals surface area (Å²) >= 11 is 0. The maximum atomic E-state index is 12.7. The number of aromatic amines is 2. The van der Waals surface area contributed by atoms with Crippen LogP contribution in [0.5, 0.6) is 0 Å². The van der Waals surface area contributed by atoms with Crippen molar-refractivity contribution < 1.29 is 9.90 Å². The molecule has 3 rings (SSSR count).